The molecule has 2 aromatic carbocycles. The number of hydrogen-bond donors (Lipinski definition) is 1. The number of aromatic amines is 1. The van der Waals surface area contributed by atoms with Gasteiger partial charge in [-0.15, -0.1) is 0 Å². The molecule has 0 fully saturated rings. The van der Waals surface area contributed by atoms with E-state index in [0.717, 1.165) is 5.56 Å². The summed E-state index contributed by atoms with van der Waals surface area (Å²) >= 11 is 5.84. The van der Waals surface area contributed by atoms with Gasteiger partial charge < -0.3 is 0 Å². The highest BCUT2D eigenvalue weighted by Gasteiger charge is 2.10. The third kappa shape index (κ3) is 2.35. The average molecular weight is 290 g/mol. The van der Waals surface area contributed by atoms with Crippen LogP contribution < -0.4 is 5.69 Å². The predicted octanol–water partition coefficient (Wildman–Crippen LogP) is 3.02. The second-order valence-corrected chi connectivity index (χ2v) is 4.61. The molecule has 0 amide bonds. The zero-order valence-electron chi connectivity index (χ0n) is 10.2. The second kappa shape index (κ2) is 4.94. The number of halogens is 2. The molecule has 4 nitrogen and oxygen atoms in total. The van der Waals surface area contributed by atoms with Crippen LogP contribution in [0, 0.1) is 5.82 Å². The Morgan fingerprint density at radius 1 is 1.05 bits per heavy atom. The summed E-state index contributed by atoms with van der Waals surface area (Å²) in [5.74, 6) is 0.0996. The van der Waals surface area contributed by atoms with Gasteiger partial charge >= 0.3 is 5.69 Å². The molecular formula is C14H9ClFN3O. The van der Waals surface area contributed by atoms with Crippen molar-refractivity contribution >= 4 is 11.6 Å². The largest absolute Gasteiger partial charge is 0.362 e. The van der Waals surface area contributed by atoms with Crippen molar-refractivity contribution in [1.29, 1.82) is 0 Å². The highest BCUT2D eigenvalue weighted by atomic mass is 35.5. The van der Waals surface area contributed by atoms with Gasteiger partial charge in [-0.3, -0.25) is 0 Å². The summed E-state index contributed by atoms with van der Waals surface area (Å²) in [6.45, 7) is 0. The summed E-state index contributed by atoms with van der Waals surface area (Å²) in [5, 5.41) is 3.19. The lowest BCUT2D eigenvalue weighted by Gasteiger charge is -2.06. The Hall–Kier alpha value is -2.40. The molecule has 1 heterocycles. The summed E-state index contributed by atoms with van der Waals surface area (Å²) in [7, 11) is 0. The van der Waals surface area contributed by atoms with Gasteiger partial charge in [0.15, 0.2) is 5.82 Å². The maximum absolute atomic E-state index is 13.0. The Morgan fingerprint density at radius 2 is 1.70 bits per heavy atom. The fourth-order valence-corrected chi connectivity index (χ4v) is 2.02. The summed E-state index contributed by atoms with van der Waals surface area (Å²) in [5.41, 5.74) is 0.877. The average Bonchev–Trinajstić information content (AvgIpc) is 2.82. The first-order valence-corrected chi connectivity index (χ1v) is 6.22. The van der Waals surface area contributed by atoms with Crippen LogP contribution in [0.5, 0.6) is 0 Å². The lowest BCUT2D eigenvalue weighted by molar-refractivity contribution is 0.627. The Balaban J connectivity index is 2.15. The van der Waals surface area contributed by atoms with E-state index < -0.39 is 5.69 Å². The van der Waals surface area contributed by atoms with Crippen molar-refractivity contribution in [1.82, 2.24) is 14.8 Å². The molecule has 1 N–H and O–H groups in total. The molecule has 0 aliphatic carbocycles. The van der Waals surface area contributed by atoms with Crippen molar-refractivity contribution in [3.8, 4) is 17.1 Å². The van der Waals surface area contributed by atoms with Crippen LogP contribution in [0.25, 0.3) is 17.1 Å². The lowest BCUT2D eigenvalue weighted by Crippen LogP contribution is -2.05. The number of nitrogens with zero attached hydrogens (tertiary/aromatic N) is 2. The molecule has 0 bridgehead atoms. The Bertz CT molecular complexity index is 725. The van der Waals surface area contributed by atoms with Crippen molar-refractivity contribution in [2.24, 2.45) is 0 Å². The molecule has 0 unspecified atom stereocenters. The Kier molecular flexibility index (Phi) is 3.12. The van der Waals surface area contributed by atoms with Crippen LogP contribution in [-0.4, -0.2) is 14.8 Å². The summed E-state index contributed by atoms with van der Waals surface area (Å²) in [6, 6.07) is 12.7. The first-order chi connectivity index (χ1) is 9.63. The van der Waals surface area contributed by atoms with Crippen LogP contribution in [0.2, 0.25) is 5.02 Å². The van der Waals surface area contributed by atoms with Crippen LogP contribution in [-0.2, 0) is 0 Å². The number of hydrogen-bond acceptors (Lipinski definition) is 2. The minimum atomic E-state index is -0.473. The zero-order chi connectivity index (χ0) is 14.1. The molecule has 0 saturated carbocycles. The minimum absolute atomic E-state index is 0.343. The predicted molar refractivity (Wildman–Crippen MR) is 74.6 cm³/mol. The quantitative estimate of drug-likeness (QED) is 0.788. The van der Waals surface area contributed by atoms with Crippen molar-refractivity contribution < 1.29 is 4.39 Å². The third-order valence-corrected chi connectivity index (χ3v) is 3.07. The molecule has 3 aromatic rings. The van der Waals surface area contributed by atoms with Gasteiger partial charge in [0.2, 0.25) is 0 Å². The van der Waals surface area contributed by atoms with E-state index in [2.05, 4.69) is 10.1 Å². The van der Waals surface area contributed by atoms with Gasteiger partial charge in [0.05, 0.1) is 5.69 Å². The monoisotopic (exact) mass is 289 g/mol. The maximum Gasteiger partial charge on any atom is 0.362 e. The van der Waals surface area contributed by atoms with Crippen molar-refractivity contribution in [2.45, 2.75) is 0 Å². The molecule has 0 radical (unpaired) electrons. The van der Waals surface area contributed by atoms with Gasteiger partial charge in [-0.25, -0.2) is 19.0 Å². The van der Waals surface area contributed by atoms with Gasteiger partial charge in [-0.2, -0.15) is 4.98 Å². The van der Waals surface area contributed by atoms with Crippen LogP contribution >= 0.6 is 11.6 Å². The van der Waals surface area contributed by atoms with Crippen molar-refractivity contribution in [3.05, 3.63) is 69.9 Å². The molecule has 20 heavy (non-hydrogen) atoms. The summed E-state index contributed by atoms with van der Waals surface area (Å²) in [4.78, 5) is 15.4. The molecular weight excluding hydrogens is 281 g/mol. The van der Waals surface area contributed by atoms with Crippen molar-refractivity contribution in [3.63, 3.8) is 0 Å². The van der Waals surface area contributed by atoms with Gasteiger partial charge in [0.1, 0.15) is 5.82 Å². The van der Waals surface area contributed by atoms with Crippen LogP contribution in [0.3, 0.4) is 0 Å². The summed E-state index contributed by atoms with van der Waals surface area (Å²) < 4.78 is 14.5. The molecule has 100 valence electrons. The normalized spacial score (nSPS) is 10.7. The topological polar surface area (TPSA) is 50.7 Å². The first kappa shape index (κ1) is 12.6. The first-order valence-electron chi connectivity index (χ1n) is 5.84. The molecule has 0 atom stereocenters. The fourth-order valence-electron chi connectivity index (χ4n) is 1.89. The molecule has 0 aliphatic rings. The zero-order valence-corrected chi connectivity index (χ0v) is 10.9. The highest BCUT2D eigenvalue weighted by molar-refractivity contribution is 6.30. The fraction of sp³-hybridized carbons (Fsp3) is 0. The number of aromatic nitrogens is 3. The van der Waals surface area contributed by atoms with E-state index in [1.165, 1.54) is 16.8 Å². The van der Waals surface area contributed by atoms with Crippen molar-refractivity contribution in [2.75, 3.05) is 0 Å². The van der Waals surface area contributed by atoms with E-state index in [4.69, 9.17) is 11.6 Å². The van der Waals surface area contributed by atoms with E-state index in [1.54, 1.807) is 36.4 Å². The number of benzene rings is 2. The van der Waals surface area contributed by atoms with E-state index in [1.807, 2.05) is 0 Å². The number of rotatable bonds is 2. The molecule has 0 spiro atoms. The maximum atomic E-state index is 13.0. The van der Waals surface area contributed by atoms with E-state index in [-0.39, 0.29) is 5.82 Å². The summed E-state index contributed by atoms with van der Waals surface area (Å²) in [6.07, 6.45) is 0. The van der Waals surface area contributed by atoms with Gasteiger partial charge in [-0.1, -0.05) is 11.6 Å². The molecule has 6 heteroatoms. The molecule has 0 aliphatic heterocycles. The van der Waals surface area contributed by atoms with Gasteiger partial charge in [0, 0.05) is 10.6 Å². The SMILES string of the molecule is O=c1nc(-c2ccc(Cl)cc2)n(-c2ccc(F)cc2)[nH]1. The molecule has 1 aromatic heterocycles. The Morgan fingerprint density at radius 3 is 2.35 bits per heavy atom. The molecule has 0 saturated heterocycles. The highest BCUT2D eigenvalue weighted by Crippen LogP contribution is 2.21. The van der Waals surface area contributed by atoms with Crippen LogP contribution in [0.1, 0.15) is 0 Å². The third-order valence-electron chi connectivity index (χ3n) is 2.81. The van der Waals surface area contributed by atoms with E-state index >= 15 is 0 Å². The Labute approximate surface area is 118 Å². The van der Waals surface area contributed by atoms with Gasteiger partial charge in [0.25, 0.3) is 0 Å². The number of nitrogens with one attached hydrogen (secondary N) is 1. The standard InChI is InChI=1S/C14H9ClFN3O/c15-10-3-1-9(2-4-10)13-17-14(20)18-19(13)12-7-5-11(16)6-8-12/h1-8H,(H,18,20). The minimum Gasteiger partial charge on any atom is -0.244 e. The molecule has 3 rings (SSSR count). The second-order valence-electron chi connectivity index (χ2n) is 4.17. The van der Waals surface area contributed by atoms with E-state index in [9.17, 15) is 9.18 Å². The number of H-pyrrole nitrogens is 1. The van der Waals surface area contributed by atoms with Crippen LogP contribution in [0.4, 0.5) is 4.39 Å². The van der Waals surface area contributed by atoms with E-state index in [0.29, 0.717) is 16.5 Å². The van der Waals surface area contributed by atoms with Gasteiger partial charge in [-0.05, 0) is 48.5 Å². The van der Waals surface area contributed by atoms with Crippen LogP contribution in [0.15, 0.2) is 53.3 Å². The smallest absolute Gasteiger partial charge is 0.244 e. The lowest BCUT2D eigenvalue weighted by atomic mass is 10.2.